The molecular formula is C13H21BrN2O. The van der Waals surface area contributed by atoms with Crippen LogP contribution in [0.2, 0.25) is 0 Å². The number of rotatable bonds is 7. The molecular weight excluding hydrogens is 280 g/mol. The number of aromatic nitrogens is 1. The summed E-state index contributed by atoms with van der Waals surface area (Å²) in [5.74, 6) is 1.79. The molecule has 0 radical (unpaired) electrons. The Morgan fingerprint density at radius 2 is 2.12 bits per heavy atom. The molecule has 0 fully saturated rings. The fourth-order valence-corrected chi connectivity index (χ4v) is 2.42. The fourth-order valence-electron chi connectivity index (χ4n) is 2.04. The Hall–Kier alpha value is -0.770. The lowest BCUT2D eigenvalue weighted by molar-refractivity contribution is 0.409. The third kappa shape index (κ3) is 3.60. The fraction of sp³-hybridized carbons (Fsp3) is 0.615. The molecule has 1 aromatic heterocycles. The van der Waals surface area contributed by atoms with Gasteiger partial charge in [-0.25, -0.2) is 4.98 Å². The van der Waals surface area contributed by atoms with E-state index in [0.717, 1.165) is 36.3 Å². The molecule has 0 aliphatic rings. The summed E-state index contributed by atoms with van der Waals surface area (Å²) >= 11 is 3.51. The molecule has 0 saturated carbocycles. The summed E-state index contributed by atoms with van der Waals surface area (Å²) in [5.41, 5.74) is 0. The summed E-state index contributed by atoms with van der Waals surface area (Å²) < 4.78 is 5.39. The van der Waals surface area contributed by atoms with E-state index in [1.165, 1.54) is 0 Å². The van der Waals surface area contributed by atoms with Gasteiger partial charge in [0, 0.05) is 24.1 Å². The molecule has 3 nitrogen and oxygen atoms in total. The van der Waals surface area contributed by atoms with E-state index in [4.69, 9.17) is 4.74 Å². The maximum absolute atomic E-state index is 5.39. The molecule has 0 N–H and O–H groups in total. The molecule has 17 heavy (non-hydrogen) atoms. The summed E-state index contributed by atoms with van der Waals surface area (Å²) in [7, 11) is 1.69. The van der Waals surface area contributed by atoms with E-state index in [2.05, 4.69) is 39.7 Å². The van der Waals surface area contributed by atoms with Crippen LogP contribution in [0.1, 0.15) is 26.7 Å². The predicted octanol–water partition coefficient (Wildman–Crippen LogP) is 3.48. The molecule has 0 amide bonds. The average Bonchev–Trinajstić information content (AvgIpc) is 2.39. The van der Waals surface area contributed by atoms with Gasteiger partial charge in [-0.05, 0) is 25.0 Å². The number of pyridine rings is 1. The smallest absolute Gasteiger partial charge is 0.171 e. The SMILES string of the molecule is CCC(CC)N(CCBr)c1ncccc1OC. The first-order chi connectivity index (χ1) is 8.28. The molecule has 0 bridgehead atoms. The summed E-state index contributed by atoms with van der Waals surface area (Å²) in [5, 5.41) is 0.934. The van der Waals surface area contributed by atoms with E-state index in [9.17, 15) is 0 Å². The second-order valence-electron chi connectivity index (χ2n) is 3.88. The van der Waals surface area contributed by atoms with E-state index in [0.29, 0.717) is 6.04 Å². The highest BCUT2D eigenvalue weighted by Gasteiger charge is 2.19. The monoisotopic (exact) mass is 300 g/mol. The minimum Gasteiger partial charge on any atom is -0.493 e. The van der Waals surface area contributed by atoms with E-state index in [1.54, 1.807) is 7.11 Å². The number of alkyl halides is 1. The van der Waals surface area contributed by atoms with Gasteiger partial charge in [0.25, 0.3) is 0 Å². The van der Waals surface area contributed by atoms with Crippen molar-refractivity contribution in [2.24, 2.45) is 0 Å². The van der Waals surface area contributed by atoms with E-state index >= 15 is 0 Å². The summed E-state index contributed by atoms with van der Waals surface area (Å²) in [6.45, 7) is 5.37. The normalized spacial score (nSPS) is 10.6. The second kappa shape index (κ2) is 7.54. The number of nitrogens with zero attached hydrogens (tertiary/aromatic N) is 2. The van der Waals surface area contributed by atoms with Crippen LogP contribution in [0, 0.1) is 0 Å². The van der Waals surface area contributed by atoms with Crippen LogP contribution in [0.25, 0.3) is 0 Å². The number of halogens is 1. The van der Waals surface area contributed by atoms with Crippen molar-refractivity contribution in [2.45, 2.75) is 32.7 Å². The molecule has 0 unspecified atom stereocenters. The molecule has 1 aromatic rings. The molecule has 0 spiro atoms. The van der Waals surface area contributed by atoms with Crippen molar-refractivity contribution in [2.75, 3.05) is 23.9 Å². The molecule has 0 atom stereocenters. The van der Waals surface area contributed by atoms with Gasteiger partial charge in [0.15, 0.2) is 11.6 Å². The molecule has 0 aromatic carbocycles. The molecule has 0 saturated heterocycles. The molecule has 4 heteroatoms. The first-order valence-electron chi connectivity index (χ1n) is 6.10. The molecule has 0 aliphatic heterocycles. The van der Waals surface area contributed by atoms with Crippen molar-refractivity contribution in [3.63, 3.8) is 0 Å². The van der Waals surface area contributed by atoms with E-state index in [1.807, 2.05) is 18.3 Å². The number of ether oxygens (including phenoxy) is 1. The van der Waals surface area contributed by atoms with E-state index in [-0.39, 0.29) is 0 Å². The number of methoxy groups -OCH3 is 1. The lowest BCUT2D eigenvalue weighted by atomic mass is 10.1. The van der Waals surface area contributed by atoms with Crippen molar-refractivity contribution in [3.05, 3.63) is 18.3 Å². The summed E-state index contributed by atoms with van der Waals surface area (Å²) in [4.78, 5) is 6.79. The average molecular weight is 301 g/mol. The second-order valence-corrected chi connectivity index (χ2v) is 4.67. The standard InChI is InChI=1S/C13H21BrN2O/c1-4-11(5-2)16(10-8-14)13-12(17-3)7-6-9-15-13/h6-7,9,11H,4-5,8,10H2,1-3H3. The van der Waals surface area contributed by atoms with Gasteiger partial charge in [0.05, 0.1) is 7.11 Å². The van der Waals surface area contributed by atoms with Gasteiger partial charge < -0.3 is 9.64 Å². The zero-order chi connectivity index (χ0) is 12.7. The summed E-state index contributed by atoms with van der Waals surface area (Å²) in [6, 6.07) is 4.38. The van der Waals surface area contributed by atoms with Crippen LogP contribution >= 0.6 is 15.9 Å². The molecule has 1 rings (SSSR count). The Bertz CT molecular complexity index is 329. The van der Waals surface area contributed by atoms with Gasteiger partial charge in [-0.2, -0.15) is 0 Å². The Kier molecular flexibility index (Phi) is 6.34. The zero-order valence-electron chi connectivity index (χ0n) is 10.8. The first kappa shape index (κ1) is 14.3. The zero-order valence-corrected chi connectivity index (χ0v) is 12.4. The first-order valence-corrected chi connectivity index (χ1v) is 7.22. The number of hydrogen-bond acceptors (Lipinski definition) is 3. The highest BCUT2D eigenvalue weighted by molar-refractivity contribution is 9.09. The third-order valence-corrected chi connectivity index (χ3v) is 3.31. The van der Waals surface area contributed by atoms with Gasteiger partial charge in [-0.15, -0.1) is 0 Å². The topological polar surface area (TPSA) is 25.4 Å². The lowest BCUT2D eigenvalue weighted by Crippen LogP contribution is -2.36. The molecule has 0 aliphatic carbocycles. The number of anilines is 1. The molecule has 1 heterocycles. The van der Waals surface area contributed by atoms with Crippen molar-refractivity contribution < 1.29 is 4.74 Å². The highest BCUT2D eigenvalue weighted by atomic mass is 79.9. The van der Waals surface area contributed by atoms with Gasteiger partial charge in [-0.1, -0.05) is 29.8 Å². The molecule has 96 valence electrons. The van der Waals surface area contributed by atoms with E-state index < -0.39 is 0 Å². The Balaban J connectivity index is 3.03. The quantitative estimate of drug-likeness (QED) is 0.721. The van der Waals surface area contributed by atoms with Crippen LogP contribution in [-0.2, 0) is 0 Å². The van der Waals surface area contributed by atoms with Gasteiger partial charge >= 0.3 is 0 Å². The minimum absolute atomic E-state index is 0.511. The van der Waals surface area contributed by atoms with Gasteiger partial charge in [-0.3, -0.25) is 0 Å². The Morgan fingerprint density at radius 3 is 2.65 bits per heavy atom. The highest BCUT2D eigenvalue weighted by Crippen LogP contribution is 2.28. The third-order valence-electron chi connectivity index (χ3n) is 2.95. The van der Waals surface area contributed by atoms with Gasteiger partial charge in [0.1, 0.15) is 0 Å². The summed E-state index contributed by atoms with van der Waals surface area (Å²) in [6.07, 6.45) is 4.05. The largest absolute Gasteiger partial charge is 0.493 e. The maximum atomic E-state index is 5.39. The van der Waals surface area contributed by atoms with Crippen LogP contribution in [0.5, 0.6) is 5.75 Å². The van der Waals surface area contributed by atoms with Crippen molar-refractivity contribution in [1.82, 2.24) is 4.98 Å². The maximum Gasteiger partial charge on any atom is 0.171 e. The predicted molar refractivity (Wildman–Crippen MR) is 76.3 cm³/mol. The lowest BCUT2D eigenvalue weighted by Gasteiger charge is -2.31. The van der Waals surface area contributed by atoms with Gasteiger partial charge in [0.2, 0.25) is 0 Å². The van der Waals surface area contributed by atoms with Crippen molar-refractivity contribution >= 4 is 21.7 Å². The minimum atomic E-state index is 0.511. The van der Waals surface area contributed by atoms with Crippen LogP contribution in [-0.4, -0.2) is 30.0 Å². The van der Waals surface area contributed by atoms with Crippen LogP contribution in [0.3, 0.4) is 0 Å². The van der Waals surface area contributed by atoms with Crippen molar-refractivity contribution in [3.8, 4) is 5.75 Å². The Morgan fingerprint density at radius 1 is 1.41 bits per heavy atom. The Labute approximate surface area is 112 Å². The van der Waals surface area contributed by atoms with Crippen LogP contribution < -0.4 is 9.64 Å². The number of hydrogen-bond donors (Lipinski definition) is 0. The van der Waals surface area contributed by atoms with Crippen LogP contribution in [0.4, 0.5) is 5.82 Å². The van der Waals surface area contributed by atoms with Crippen LogP contribution in [0.15, 0.2) is 18.3 Å². The van der Waals surface area contributed by atoms with Crippen molar-refractivity contribution in [1.29, 1.82) is 0 Å².